The van der Waals surface area contributed by atoms with Crippen LogP contribution in [0.1, 0.15) is 5.56 Å². The number of para-hydroxylation sites is 1. The van der Waals surface area contributed by atoms with Crippen molar-refractivity contribution in [2.24, 2.45) is 5.10 Å². The van der Waals surface area contributed by atoms with Crippen LogP contribution in [0.15, 0.2) is 107 Å². The number of rotatable bonds is 5. The van der Waals surface area contributed by atoms with Gasteiger partial charge in [0.25, 0.3) is 10.0 Å². The predicted octanol–water partition coefficient (Wildman–Crippen LogP) is 5.28. The first-order chi connectivity index (χ1) is 18.0. The number of likely N-dealkylation sites (N-methyl/N-ethyl adjacent to an activating group) is 1. The zero-order valence-electron chi connectivity index (χ0n) is 20.7. The number of hydrogen-bond donors (Lipinski definition) is 0. The van der Waals surface area contributed by atoms with E-state index in [4.69, 9.17) is 5.10 Å². The topological polar surface area (TPSA) is 57.9 Å². The van der Waals surface area contributed by atoms with E-state index in [1.54, 1.807) is 12.1 Å². The summed E-state index contributed by atoms with van der Waals surface area (Å²) in [5.41, 5.74) is 2.87. The van der Waals surface area contributed by atoms with Gasteiger partial charge in [0, 0.05) is 42.5 Å². The minimum Gasteiger partial charge on any atom is -0.303 e. The van der Waals surface area contributed by atoms with Crippen molar-refractivity contribution in [2.75, 3.05) is 33.2 Å². The molecule has 0 bridgehead atoms. The molecular formula is C30H28N4O2S. The van der Waals surface area contributed by atoms with Crippen molar-refractivity contribution in [3.8, 4) is 11.3 Å². The quantitative estimate of drug-likeness (QED) is 0.303. The van der Waals surface area contributed by atoms with Crippen LogP contribution < -0.4 is 0 Å². The summed E-state index contributed by atoms with van der Waals surface area (Å²) in [7, 11) is -1.85. The fourth-order valence-electron chi connectivity index (χ4n) is 5.05. The molecule has 7 heteroatoms. The molecular weight excluding hydrogens is 480 g/mol. The van der Waals surface area contributed by atoms with Gasteiger partial charge in [0.1, 0.15) is 0 Å². The van der Waals surface area contributed by atoms with Gasteiger partial charge < -0.3 is 4.90 Å². The summed E-state index contributed by atoms with van der Waals surface area (Å²) < 4.78 is 30.5. The smallest absolute Gasteiger partial charge is 0.269 e. The molecule has 186 valence electrons. The van der Waals surface area contributed by atoms with Gasteiger partial charge in [0.2, 0.25) is 0 Å². The minimum absolute atomic E-state index is 0.283. The van der Waals surface area contributed by atoms with Crippen LogP contribution in [0.25, 0.3) is 32.9 Å². The highest BCUT2D eigenvalue weighted by Gasteiger charge is 2.28. The van der Waals surface area contributed by atoms with Crippen molar-refractivity contribution in [1.29, 1.82) is 0 Å². The maximum absolute atomic E-state index is 14.5. The summed E-state index contributed by atoms with van der Waals surface area (Å²) in [5.74, 6) is 0. The van der Waals surface area contributed by atoms with Crippen molar-refractivity contribution in [3.63, 3.8) is 0 Å². The number of fused-ring (bicyclic) bond motifs is 2. The second kappa shape index (κ2) is 9.50. The Bertz CT molecular complexity index is 1710. The van der Waals surface area contributed by atoms with E-state index in [1.165, 1.54) is 3.97 Å². The van der Waals surface area contributed by atoms with Crippen molar-refractivity contribution in [2.45, 2.75) is 4.90 Å². The number of nitrogens with zero attached hydrogens (tertiary/aromatic N) is 4. The third-order valence-corrected chi connectivity index (χ3v) is 8.79. The van der Waals surface area contributed by atoms with Crippen LogP contribution in [0, 0.1) is 0 Å². The first-order valence-corrected chi connectivity index (χ1v) is 13.9. The van der Waals surface area contributed by atoms with Gasteiger partial charge in [-0.3, -0.25) is 5.01 Å². The fraction of sp³-hybridized carbons (Fsp3) is 0.167. The van der Waals surface area contributed by atoms with Gasteiger partial charge in [-0.15, -0.1) is 0 Å². The number of piperazine rings is 1. The lowest BCUT2D eigenvalue weighted by Crippen LogP contribution is -2.41. The molecule has 5 aromatic rings. The average molecular weight is 509 g/mol. The third-order valence-electron chi connectivity index (χ3n) is 7.02. The van der Waals surface area contributed by atoms with Crippen LogP contribution in [0.2, 0.25) is 0 Å². The molecule has 0 N–H and O–H groups in total. The molecule has 4 aromatic carbocycles. The first-order valence-electron chi connectivity index (χ1n) is 12.4. The summed E-state index contributed by atoms with van der Waals surface area (Å²) in [5, 5.41) is 9.31. The molecule has 1 aliphatic heterocycles. The predicted molar refractivity (Wildman–Crippen MR) is 151 cm³/mol. The maximum Gasteiger partial charge on any atom is 0.269 e. The van der Waals surface area contributed by atoms with Gasteiger partial charge in [-0.25, -0.2) is 12.4 Å². The summed E-state index contributed by atoms with van der Waals surface area (Å²) in [6, 6.07) is 30.4. The van der Waals surface area contributed by atoms with Crippen LogP contribution in [0.5, 0.6) is 0 Å². The van der Waals surface area contributed by atoms with Gasteiger partial charge in [-0.1, -0.05) is 84.9 Å². The molecule has 6 rings (SSSR count). The highest BCUT2D eigenvalue weighted by Crippen LogP contribution is 2.37. The zero-order valence-corrected chi connectivity index (χ0v) is 21.5. The number of aromatic nitrogens is 1. The van der Waals surface area contributed by atoms with Crippen LogP contribution >= 0.6 is 0 Å². The van der Waals surface area contributed by atoms with E-state index >= 15 is 0 Å². The van der Waals surface area contributed by atoms with E-state index in [-0.39, 0.29) is 4.90 Å². The second-order valence-electron chi connectivity index (χ2n) is 9.39. The lowest BCUT2D eigenvalue weighted by atomic mass is 10.1. The zero-order chi connectivity index (χ0) is 25.4. The Kier molecular flexibility index (Phi) is 6.02. The van der Waals surface area contributed by atoms with Crippen molar-refractivity contribution >= 4 is 37.9 Å². The van der Waals surface area contributed by atoms with Gasteiger partial charge in [0.15, 0.2) is 0 Å². The summed E-state index contributed by atoms with van der Waals surface area (Å²) in [6.45, 7) is 3.56. The molecule has 0 unspecified atom stereocenters. The number of hydrazone groups is 1. The van der Waals surface area contributed by atoms with Crippen molar-refractivity contribution in [1.82, 2.24) is 13.9 Å². The molecule has 0 spiro atoms. The molecule has 6 nitrogen and oxygen atoms in total. The van der Waals surface area contributed by atoms with Crippen molar-refractivity contribution < 1.29 is 8.42 Å². The van der Waals surface area contributed by atoms with E-state index in [0.717, 1.165) is 48.1 Å². The SMILES string of the molecule is CN1CCN(N=Cc2c(-c3ccccc3)n(S(=O)(=O)c3cccc4ccccc34)c3ccccc23)CC1. The molecule has 1 aromatic heterocycles. The molecule has 0 radical (unpaired) electrons. The van der Waals surface area contributed by atoms with Crippen LogP contribution in [-0.4, -0.2) is 61.7 Å². The monoisotopic (exact) mass is 508 g/mol. The Labute approximate surface area is 217 Å². The lowest BCUT2D eigenvalue weighted by molar-refractivity contribution is 0.159. The van der Waals surface area contributed by atoms with Crippen LogP contribution in [-0.2, 0) is 10.0 Å². The highest BCUT2D eigenvalue weighted by atomic mass is 32.2. The summed E-state index contributed by atoms with van der Waals surface area (Å²) >= 11 is 0. The van der Waals surface area contributed by atoms with E-state index in [9.17, 15) is 8.42 Å². The van der Waals surface area contributed by atoms with Gasteiger partial charge >= 0.3 is 0 Å². The van der Waals surface area contributed by atoms with E-state index in [0.29, 0.717) is 16.6 Å². The van der Waals surface area contributed by atoms with Gasteiger partial charge in [-0.05, 0) is 30.1 Å². The molecule has 1 fully saturated rings. The Balaban J connectivity index is 1.62. The lowest BCUT2D eigenvalue weighted by Gasteiger charge is -2.30. The largest absolute Gasteiger partial charge is 0.303 e. The molecule has 0 atom stereocenters. The molecule has 1 aliphatic rings. The molecule has 0 saturated carbocycles. The fourth-order valence-corrected chi connectivity index (χ4v) is 6.83. The Morgan fingerprint density at radius 2 is 1.38 bits per heavy atom. The molecule has 37 heavy (non-hydrogen) atoms. The van der Waals surface area contributed by atoms with E-state index < -0.39 is 10.0 Å². The van der Waals surface area contributed by atoms with Crippen LogP contribution in [0.3, 0.4) is 0 Å². The number of benzene rings is 4. The molecule has 2 heterocycles. The normalized spacial score (nSPS) is 15.2. The first kappa shape index (κ1) is 23.5. The van der Waals surface area contributed by atoms with Crippen molar-refractivity contribution in [3.05, 3.63) is 103 Å². The number of hydrogen-bond acceptors (Lipinski definition) is 5. The average Bonchev–Trinajstić information content (AvgIpc) is 3.28. The maximum atomic E-state index is 14.5. The van der Waals surface area contributed by atoms with Gasteiger partial charge in [-0.2, -0.15) is 5.10 Å². The summed E-state index contributed by atoms with van der Waals surface area (Å²) in [6.07, 6.45) is 1.84. The second-order valence-corrected chi connectivity index (χ2v) is 11.1. The Morgan fingerprint density at radius 3 is 2.16 bits per heavy atom. The Morgan fingerprint density at radius 1 is 0.730 bits per heavy atom. The van der Waals surface area contributed by atoms with E-state index in [2.05, 4.69) is 17.0 Å². The molecule has 0 amide bonds. The highest BCUT2D eigenvalue weighted by molar-refractivity contribution is 7.90. The standard InChI is InChI=1S/C30H28N4O2S/c1-32-18-20-33(21-19-32)31-22-27-26-15-7-8-16-28(26)34(30(27)24-11-3-2-4-12-24)37(35,36)29-17-9-13-23-10-5-6-14-25(23)29/h2-17,22H,18-21H2,1H3. The molecule has 0 aliphatic carbocycles. The third kappa shape index (κ3) is 4.20. The van der Waals surface area contributed by atoms with Crippen LogP contribution in [0.4, 0.5) is 0 Å². The molecule has 1 saturated heterocycles. The minimum atomic E-state index is -3.97. The Hall–Kier alpha value is -3.94. The summed E-state index contributed by atoms with van der Waals surface area (Å²) in [4.78, 5) is 2.57. The van der Waals surface area contributed by atoms with Gasteiger partial charge in [0.05, 0.1) is 22.3 Å². The van der Waals surface area contributed by atoms with E-state index in [1.807, 2.05) is 91.1 Å².